The Balaban J connectivity index is 2.57. The van der Waals surface area contributed by atoms with E-state index in [0.717, 1.165) is 5.69 Å². The summed E-state index contributed by atoms with van der Waals surface area (Å²) in [7, 11) is 0. The van der Waals surface area contributed by atoms with Crippen LogP contribution in [-0.2, 0) is 0 Å². The molecule has 14 heavy (non-hydrogen) atoms. The summed E-state index contributed by atoms with van der Waals surface area (Å²) in [6.07, 6.45) is 0. The van der Waals surface area contributed by atoms with Gasteiger partial charge in [0.05, 0.1) is 5.69 Å². The predicted molar refractivity (Wildman–Crippen MR) is 60.4 cm³/mol. The molecular formula is C9H13N3OS. The summed E-state index contributed by atoms with van der Waals surface area (Å²) in [6, 6.07) is 8.89. The lowest BCUT2D eigenvalue weighted by molar-refractivity contribution is 0.250. The van der Waals surface area contributed by atoms with E-state index < -0.39 is 0 Å². The highest BCUT2D eigenvalue weighted by atomic mass is 32.1. The van der Waals surface area contributed by atoms with Crippen molar-refractivity contribution in [2.24, 2.45) is 5.73 Å². The van der Waals surface area contributed by atoms with Gasteiger partial charge in [-0.3, -0.25) is 0 Å². The summed E-state index contributed by atoms with van der Waals surface area (Å²) in [6.45, 7) is 0.866. The number of anilines is 1. The maximum atomic E-state index is 11.4. The van der Waals surface area contributed by atoms with Crippen LogP contribution in [0.3, 0.4) is 0 Å². The Bertz CT molecular complexity index is 291. The molecule has 0 unspecified atom stereocenters. The van der Waals surface area contributed by atoms with Crippen LogP contribution in [0.5, 0.6) is 0 Å². The zero-order valence-electron chi connectivity index (χ0n) is 7.68. The third kappa shape index (κ3) is 2.93. The number of rotatable bonds is 3. The van der Waals surface area contributed by atoms with E-state index in [1.165, 1.54) is 4.31 Å². The Morgan fingerprint density at radius 3 is 2.64 bits per heavy atom. The maximum absolute atomic E-state index is 11.4. The summed E-state index contributed by atoms with van der Waals surface area (Å²) >= 11 is 4.07. The maximum Gasteiger partial charge on any atom is 0.331 e. The molecule has 1 rings (SSSR count). The van der Waals surface area contributed by atoms with Crippen LogP contribution in [0.25, 0.3) is 0 Å². The SMILES string of the molecule is NCCNC(=O)N(S)c1ccccc1. The number of nitrogens with one attached hydrogen (secondary N) is 1. The molecule has 5 heteroatoms. The molecule has 0 radical (unpaired) electrons. The Labute approximate surface area is 88.6 Å². The molecule has 2 amide bonds. The Kier molecular flexibility index (Phi) is 4.28. The fraction of sp³-hybridized carbons (Fsp3) is 0.222. The highest BCUT2D eigenvalue weighted by molar-refractivity contribution is 7.82. The zero-order valence-corrected chi connectivity index (χ0v) is 8.58. The third-order valence-corrected chi connectivity index (χ3v) is 2.03. The molecule has 1 aromatic carbocycles. The van der Waals surface area contributed by atoms with E-state index in [4.69, 9.17) is 5.73 Å². The standard InChI is InChI=1S/C9H13N3OS/c10-6-7-11-9(13)12(14)8-4-2-1-3-5-8/h1-5,14H,6-7,10H2,(H,11,13). The van der Waals surface area contributed by atoms with E-state index in [1.54, 1.807) is 12.1 Å². The van der Waals surface area contributed by atoms with Crippen LogP contribution in [0.4, 0.5) is 10.5 Å². The topological polar surface area (TPSA) is 58.4 Å². The molecule has 0 aliphatic rings. The number of hydrogen-bond donors (Lipinski definition) is 3. The lowest BCUT2D eigenvalue weighted by atomic mass is 10.3. The van der Waals surface area contributed by atoms with E-state index in [-0.39, 0.29) is 6.03 Å². The van der Waals surface area contributed by atoms with E-state index in [9.17, 15) is 4.79 Å². The molecule has 3 N–H and O–H groups in total. The van der Waals surface area contributed by atoms with Crippen molar-refractivity contribution in [3.05, 3.63) is 30.3 Å². The van der Waals surface area contributed by atoms with Crippen LogP contribution in [0.2, 0.25) is 0 Å². The Morgan fingerprint density at radius 2 is 2.07 bits per heavy atom. The van der Waals surface area contributed by atoms with Crippen LogP contribution in [0.15, 0.2) is 30.3 Å². The minimum Gasteiger partial charge on any atom is -0.336 e. The molecule has 0 aromatic heterocycles. The lowest BCUT2D eigenvalue weighted by Crippen LogP contribution is -2.36. The molecule has 0 atom stereocenters. The average molecular weight is 211 g/mol. The molecule has 0 saturated heterocycles. The molecule has 0 aliphatic heterocycles. The molecule has 0 aliphatic carbocycles. The van der Waals surface area contributed by atoms with Gasteiger partial charge < -0.3 is 11.1 Å². The van der Waals surface area contributed by atoms with Gasteiger partial charge in [0.2, 0.25) is 0 Å². The second-order valence-corrected chi connectivity index (χ2v) is 3.07. The van der Waals surface area contributed by atoms with Gasteiger partial charge in [-0.2, -0.15) is 0 Å². The number of carbonyl (C=O) groups is 1. The first-order valence-corrected chi connectivity index (χ1v) is 4.67. The summed E-state index contributed by atoms with van der Waals surface area (Å²) in [5.41, 5.74) is 5.98. The van der Waals surface area contributed by atoms with Crippen molar-refractivity contribution in [3.8, 4) is 0 Å². The van der Waals surface area contributed by atoms with Gasteiger partial charge in [-0.05, 0) is 12.1 Å². The number of urea groups is 1. The monoisotopic (exact) mass is 211 g/mol. The molecule has 76 valence electrons. The van der Waals surface area contributed by atoms with Crippen molar-refractivity contribution >= 4 is 24.5 Å². The number of benzene rings is 1. The minimum atomic E-state index is -0.273. The molecular weight excluding hydrogens is 198 g/mol. The van der Waals surface area contributed by atoms with E-state index in [0.29, 0.717) is 13.1 Å². The van der Waals surface area contributed by atoms with Gasteiger partial charge >= 0.3 is 6.03 Å². The molecule has 0 heterocycles. The van der Waals surface area contributed by atoms with Gasteiger partial charge in [0.15, 0.2) is 0 Å². The normalized spacial score (nSPS) is 9.57. The number of nitrogens with zero attached hydrogens (tertiary/aromatic N) is 1. The van der Waals surface area contributed by atoms with E-state index >= 15 is 0 Å². The van der Waals surface area contributed by atoms with Gasteiger partial charge in [-0.1, -0.05) is 31.0 Å². The van der Waals surface area contributed by atoms with Crippen molar-refractivity contribution < 1.29 is 4.79 Å². The molecule has 0 saturated carbocycles. The largest absolute Gasteiger partial charge is 0.336 e. The smallest absolute Gasteiger partial charge is 0.331 e. The van der Waals surface area contributed by atoms with E-state index in [2.05, 4.69) is 18.1 Å². The predicted octanol–water partition coefficient (Wildman–Crippen LogP) is 1.01. The molecule has 0 fully saturated rings. The number of thiol groups is 1. The number of amides is 2. The van der Waals surface area contributed by atoms with Gasteiger partial charge in [-0.25, -0.2) is 9.10 Å². The van der Waals surface area contributed by atoms with Gasteiger partial charge in [0, 0.05) is 13.1 Å². The first-order chi connectivity index (χ1) is 6.75. The van der Waals surface area contributed by atoms with Gasteiger partial charge in [0.25, 0.3) is 0 Å². The van der Waals surface area contributed by atoms with Crippen LogP contribution in [0, 0.1) is 0 Å². The quantitative estimate of drug-likeness (QED) is 0.653. The summed E-state index contributed by atoms with van der Waals surface area (Å²) < 4.78 is 1.25. The summed E-state index contributed by atoms with van der Waals surface area (Å²) in [5.74, 6) is 0. The average Bonchev–Trinajstić information content (AvgIpc) is 2.26. The number of para-hydroxylation sites is 1. The van der Waals surface area contributed by atoms with Gasteiger partial charge in [0.1, 0.15) is 0 Å². The van der Waals surface area contributed by atoms with Crippen molar-refractivity contribution in [3.63, 3.8) is 0 Å². The van der Waals surface area contributed by atoms with Crippen LogP contribution < -0.4 is 15.4 Å². The second-order valence-electron chi connectivity index (χ2n) is 2.67. The summed E-state index contributed by atoms with van der Waals surface area (Å²) in [4.78, 5) is 11.4. The van der Waals surface area contributed by atoms with E-state index in [1.807, 2.05) is 18.2 Å². The van der Waals surface area contributed by atoms with Crippen molar-refractivity contribution in [1.29, 1.82) is 0 Å². The molecule has 0 bridgehead atoms. The van der Waals surface area contributed by atoms with Crippen molar-refractivity contribution in [1.82, 2.24) is 5.32 Å². The second kappa shape index (κ2) is 5.51. The Morgan fingerprint density at radius 1 is 1.43 bits per heavy atom. The van der Waals surface area contributed by atoms with Crippen molar-refractivity contribution in [2.45, 2.75) is 0 Å². The van der Waals surface area contributed by atoms with Crippen molar-refractivity contribution in [2.75, 3.05) is 17.4 Å². The number of carbonyl (C=O) groups excluding carboxylic acids is 1. The fourth-order valence-corrected chi connectivity index (χ4v) is 1.14. The Hall–Kier alpha value is -1.20. The zero-order chi connectivity index (χ0) is 10.4. The third-order valence-electron chi connectivity index (χ3n) is 1.61. The molecule has 0 spiro atoms. The van der Waals surface area contributed by atoms with Crippen LogP contribution in [0.1, 0.15) is 0 Å². The number of hydrogen-bond acceptors (Lipinski definition) is 3. The first kappa shape index (κ1) is 10.9. The number of nitrogens with two attached hydrogens (primary N) is 1. The van der Waals surface area contributed by atoms with Crippen LogP contribution in [-0.4, -0.2) is 19.1 Å². The van der Waals surface area contributed by atoms with Crippen LogP contribution >= 0.6 is 12.8 Å². The molecule has 4 nitrogen and oxygen atoms in total. The minimum absolute atomic E-state index is 0.273. The van der Waals surface area contributed by atoms with Gasteiger partial charge in [-0.15, -0.1) is 0 Å². The summed E-state index contributed by atoms with van der Waals surface area (Å²) in [5, 5.41) is 2.62. The molecule has 1 aromatic rings. The lowest BCUT2D eigenvalue weighted by Gasteiger charge is -2.15. The first-order valence-electron chi connectivity index (χ1n) is 4.27. The fourth-order valence-electron chi connectivity index (χ4n) is 0.940. The highest BCUT2D eigenvalue weighted by Gasteiger charge is 2.09. The highest BCUT2D eigenvalue weighted by Crippen LogP contribution is 2.14.